The average molecular weight is 396 g/mol. The zero-order valence-electron chi connectivity index (χ0n) is 16.8. The normalized spacial score (nSPS) is 10.7. The fourth-order valence-corrected chi connectivity index (χ4v) is 3.04. The number of aromatic nitrogens is 3. The number of likely N-dealkylation sites (N-methyl/N-ethyl adjacent to an activating group) is 1. The van der Waals surface area contributed by atoms with E-state index in [0.717, 1.165) is 10.2 Å². The van der Waals surface area contributed by atoms with Crippen molar-refractivity contribution in [3.63, 3.8) is 0 Å². The molecule has 0 spiro atoms. The molecular weight excluding hydrogens is 372 g/mol. The number of amides is 1. The third-order valence-electron chi connectivity index (χ3n) is 4.55. The van der Waals surface area contributed by atoms with Crippen molar-refractivity contribution >= 4 is 16.8 Å². The lowest BCUT2D eigenvalue weighted by Gasteiger charge is -2.22. The minimum absolute atomic E-state index is 0.168. The molecule has 0 saturated carbocycles. The van der Waals surface area contributed by atoms with Gasteiger partial charge in [0.1, 0.15) is 12.1 Å². The first-order valence-corrected chi connectivity index (χ1v) is 9.47. The summed E-state index contributed by atoms with van der Waals surface area (Å²) in [7, 11) is 1.58. The molecule has 0 bridgehead atoms. The molecule has 0 aliphatic heterocycles. The van der Waals surface area contributed by atoms with Gasteiger partial charge < -0.3 is 14.4 Å². The van der Waals surface area contributed by atoms with Crippen LogP contribution in [0, 0.1) is 0 Å². The van der Waals surface area contributed by atoms with E-state index in [-0.39, 0.29) is 18.0 Å². The molecule has 152 valence electrons. The van der Waals surface area contributed by atoms with Crippen molar-refractivity contribution in [2.24, 2.45) is 0 Å². The molecule has 1 aromatic heterocycles. The number of carbonyl (C=O) groups excluding carboxylic acids is 1. The number of benzene rings is 2. The van der Waals surface area contributed by atoms with E-state index in [2.05, 4.69) is 10.3 Å². The first-order chi connectivity index (χ1) is 14.1. The summed E-state index contributed by atoms with van der Waals surface area (Å²) in [5.41, 5.74) is 1.08. The molecule has 0 radical (unpaired) electrons. The predicted octanol–water partition coefficient (Wildman–Crippen LogP) is 2.25. The SMILES string of the molecule is CCOc1ccc(CN(CC)C(=O)Cn2nnc3ccccc3c2=O)cc1OC. The second-order valence-corrected chi connectivity index (χ2v) is 6.40. The van der Waals surface area contributed by atoms with Crippen LogP contribution in [-0.4, -0.2) is 46.1 Å². The number of fused-ring (bicyclic) bond motifs is 1. The molecule has 8 nitrogen and oxygen atoms in total. The highest BCUT2D eigenvalue weighted by molar-refractivity contribution is 5.78. The highest BCUT2D eigenvalue weighted by atomic mass is 16.5. The Morgan fingerprint density at radius 3 is 2.66 bits per heavy atom. The maximum Gasteiger partial charge on any atom is 0.278 e. The Kier molecular flexibility index (Phi) is 6.43. The van der Waals surface area contributed by atoms with Gasteiger partial charge in [-0.1, -0.05) is 23.4 Å². The molecule has 0 saturated heterocycles. The van der Waals surface area contributed by atoms with Gasteiger partial charge in [0.2, 0.25) is 5.91 Å². The van der Waals surface area contributed by atoms with Crippen LogP contribution < -0.4 is 15.0 Å². The van der Waals surface area contributed by atoms with Crippen LogP contribution >= 0.6 is 0 Å². The second-order valence-electron chi connectivity index (χ2n) is 6.40. The summed E-state index contributed by atoms with van der Waals surface area (Å²) in [5, 5.41) is 8.36. The molecule has 0 fully saturated rings. The van der Waals surface area contributed by atoms with E-state index in [0.29, 0.717) is 42.1 Å². The van der Waals surface area contributed by atoms with Crippen molar-refractivity contribution in [1.29, 1.82) is 0 Å². The van der Waals surface area contributed by atoms with Gasteiger partial charge in [-0.2, -0.15) is 0 Å². The minimum atomic E-state index is -0.331. The number of hydrogen-bond acceptors (Lipinski definition) is 6. The zero-order valence-corrected chi connectivity index (χ0v) is 16.8. The molecule has 29 heavy (non-hydrogen) atoms. The molecule has 1 heterocycles. The maximum absolute atomic E-state index is 12.8. The van der Waals surface area contributed by atoms with E-state index < -0.39 is 0 Å². The van der Waals surface area contributed by atoms with Gasteiger partial charge in [0.25, 0.3) is 5.56 Å². The van der Waals surface area contributed by atoms with E-state index in [1.54, 1.807) is 36.3 Å². The van der Waals surface area contributed by atoms with Gasteiger partial charge in [0.15, 0.2) is 11.5 Å². The quantitative estimate of drug-likeness (QED) is 0.580. The topological polar surface area (TPSA) is 86.5 Å². The van der Waals surface area contributed by atoms with Crippen LogP contribution in [0.3, 0.4) is 0 Å². The molecule has 1 amide bonds. The van der Waals surface area contributed by atoms with Crippen LogP contribution in [-0.2, 0) is 17.9 Å². The molecule has 2 aromatic carbocycles. The summed E-state index contributed by atoms with van der Waals surface area (Å²) < 4.78 is 12.0. The smallest absolute Gasteiger partial charge is 0.278 e. The molecule has 3 rings (SSSR count). The van der Waals surface area contributed by atoms with Crippen LogP contribution in [0.25, 0.3) is 10.9 Å². The van der Waals surface area contributed by atoms with Crippen LogP contribution in [0.1, 0.15) is 19.4 Å². The van der Waals surface area contributed by atoms with Gasteiger partial charge in [-0.3, -0.25) is 9.59 Å². The molecule has 0 atom stereocenters. The predicted molar refractivity (Wildman–Crippen MR) is 109 cm³/mol. The monoisotopic (exact) mass is 396 g/mol. The molecule has 3 aromatic rings. The third-order valence-corrected chi connectivity index (χ3v) is 4.55. The zero-order chi connectivity index (χ0) is 20.8. The highest BCUT2D eigenvalue weighted by Crippen LogP contribution is 2.28. The minimum Gasteiger partial charge on any atom is -0.493 e. The number of nitrogens with zero attached hydrogens (tertiary/aromatic N) is 4. The lowest BCUT2D eigenvalue weighted by Crippen LogP contribution is -2.37. The van der Waals surface area contributed by atoms with Crippen molar-refractivity contribution < 1.29 is 14.3 Å². The van der Waals surface area contributed by atoms with Gasteiger partial charge in [-0.05, 0) is 43.7 Å². The molecule has 0 N–H and O–H groups in total. The van der Waals surface area contributed by atoms with E-state index in [1.165, 1.54) is 0 Å². The number of methoxy groups -OCH3 is 1. The third kappa shape index (κ3) is 4.53. The summed E-state index contributed by atoms with van der Waals surface area (Å²) in [6, 6.07) is 12.5. The molecule has 0 aliphatic carbocycles. The summed E-state index contributed by atoms with van der Waals surface area (Å²) in [6.07, 6.45) is 0. The number of carbonyl (C=O) groups is 1. The molecular formula is C21H24N4O4. The van der Waals surface area contributed by atoms with Crippen molar-refractivity contribution in [2.45, 2.75) is 26.9 Å². The van der Waals surface area contributed by atoms with Gasteiger partial charge >= 0.3 is 0 Å². The van der Waals surface area contributed by atoms with Crippen LogP contribution in [0.5, 0.6) is 11.5 Å². The van der Waals surface area contributed by atoms with Crippen molar-refractivity contribution in [3.05, 3.63) is 58.4 Å². The Hall–Kier alpha value is -3.42. The Bertz CT molecular complexity index is 1060. The van der Waals surface area contributed by atoms with Crippen LogP contribution in [0.15, 0.2) is 47.3 Å². The van der Waals surface area contributed by atoms with Gasteiger partial charge in [-0.25, -0.2) is 4.68 Å². The van der Waals surface area contributed by atoms with Crippen LogP contribution in [0.2, 0.25) is 0 Å². The first-order valence-electron chi connectivity index (χ1n) is 9.47. The number of rotatable bonds is 8. The number of ether oxygens (including phenoxy) is 2. The Balaban J connectivity index is 1.77. The van der Waals surface area contributed by atoms with Crippen LogP contribution in [0.4, 0.5) is 0 Å². The van der Waals surface area contributed by atoms with Gasteiger partial charge in [0, 0.05) is 13.1 Å². The highest BCUT2D eigenvalue weighted by Gasteiger charge is 2.16. The fourth-order valence-electron chi connectivity index (χ4n) is 3.04. The Labute approximate surface area is 168 Å². The second kappa shape index (κ2) is 9.18. The lowest BCUT2D eigenvalue weighted by atomic mass is 10.2. The standard InChI is InChI=1S/C21H24N4O4/c1-4-24(13-15-10-11-18(29-5-2)19(12-15)28-3)20(26)14-25-21(27)16-8-6-7-9-17(16)22-23-25/h6-12H,4-5,13-14H2,1-3H3. The summed E-state index contributed by atoms with van der Waals surface area (Å²) in [4.78, 5) is 27.0. The van der Waals surface area contributed by atoms with Gasteiger partial charge in [0.05, 0.1) is 19.1 Å². The van der Waals surface area contributed by atoms with E-state index in [4.69, 9.17) is 9.47 Å². The summed E-state index contributed by atoms with van der Waals surface area (Å²) >= 11 is 0. The first kappa shape index (κ1) is 20.3. The molecule has 0 aliphatic rings. The largest absolute Gasteiger partial charge is 0.493 e. The molecule has 8 heteroatoms. The van der Waals surface area contributed by atoms with Gasteiger partial charge in [-0.15, -0.1) is 5.10 Å². The van der Waals surface area contributed by atoms with E-state index in [1.807, 2.05) is 32.0 Å². The summed E-state index contributed by atoms with van der Waals surface area (Å²) in [5.74, 6) is 1.06. The number of hydrogen-bond donors (Lipinski definition) is 0. The summed E-state index contributed by atoms with van der Waals surface area (Å²) in [6.45, 7) is 5.04. The van der Waals surface area contributed by atoms with E-state index >= 15 is 0 Å². The lowest BCUT2D eigenvalue weighted by molar-refractivity contribution is -0.132. The average Bonchev–Trinajstić information content (AvgIpc) is 2.75. The Morgan fingerprint density at radius 2 is 1.93 bits per heavy atom. The maximum atomic E-state index is 12.8. The van der Waals surface area contributed by atoms with Crippen molar-refractivity contribution in [3.8, 4) is 11.5 Å². The van der Waals surface area contributed by atoms with Crippen molar-refractivity contribution in [1.82, 2.24) is 19.9 Å². The van der Waals surface area contributed by atoms with Crippen molar-refractivity contribution in [2.75, 3.05) is 20.3 Å². The fraction of sp³-hybridized carbons (Fsp3) is 0.333. The van der Waals surface area contributed by atoms with E-state index in [9.17, 15) is 9.59 Å². The molecule has 0 unspecified atom stereocenters. The Morgan fingerprint density at radius 1 is 1.14 bits per heavy atom.